The molecule has 1 N–H and O–H groups in total. The highest BCUT2D eigenvalue weighted by molar-refractivity contribution is 5.96. The Morgan fingerprint density at radius 1 is 1.25 bits per heavy atom. The van der Waals surface area contributed by atoms with Crippen molar-refractivity contribution in [2.45, 2.75) is 25.9 Å². The molecule has 0 radical (unpaired) electrons. The number of carbonyl (C=O) groups excluding carboxylic acids is 2. The molecule has 0 aromatic heterocycles. The highest BCUT2D eigenvalue weighted by Crippen LogP contribution is 2.30. The maximum absolute atomic E-state index is 12.5. The number of ether oxygens (including phenoxy) is 1. The topological polar surface area (TPSA) is 55.4 Å². The van der Waals surface area contributed by atoms with Crippen molar-refractivity contribution >= 4 is 17.4 Å². The van der Waals surface area contributed by atoms with Crippen molar-refractivity contribution in [3.8, 4) is 0 Å². The molecular weight excluding hydrogens is 323 g/mol. The first-order valence-corrected chi connectivity index (χ1v) is 7.55. The molecule has 130 valence electrons. The maximum atomic E-state index is 12.5. The SMILES string of the molecule is CC(=CC(=O)NCC(=O)OCC1CC1)c1ccc(C(F)(F)F)cc1. The molecule has 24 heavy (non-hydrogen) atoms. The summed E-state index contributed by atoms with van der Waals surface area (Å²) in [6.45, 7) is 1.76. The minimum Gasteiger partial charge on any atom is -0.464 e. The number of hydrogen-bond acceptors (Lipinski definition) is 3. The number of amides is 1. The summed E-state index contributed by atoms with van der Waals surface area (Å²) in [4.78, 5) is 23.1. The summed E-state index contributed by atoms with van der Waals surface area (Å²) >= 11 is 0. The van der Waals surface area contributed by atoms with E-state index < -0.39 is 23.6 Å². The van der Waals surface area contributed by atoms with Crippen LogP contribution in [0.4, 0.5) is 13.2 Å². The van der Waals surface area contributed by atoms with Crippen molar-refractivity contribution in [1.29, 1.82) is 0 Å². The lowest BCUT2D eigenvalue weighted by molar-refractivity contribution is -0.144. The third-order valence-corrected chi connectivity index (χ3v) is 3.60. The van der Waals surface area contributed by atoms with E-state index in [1.165, 1.54) is 18.2 Å². The normalized spacial score (nSPS) is 15.1. The van der Waals surface area contributed by atoms with Crippen molar-refractivity contribution in [1.82, 2.24) is 5.32 Å². The molecule has 1 aromatic carbocycles. The molecule has 1 saturated carbocycles. The molecule has 1 fully saturated rings. The molecule has 0 aliphatic heterocycles. The van der Waals surface area contributed by atoms with Crippen LogP contribution in [-0.4, -0.2) is 25.0 Å². The second kappa shape index (κ2) is 7.51. The lowest BCUT2D eigenvalue weighted by Crippen LogP contribution is -2.29. The summed E-state index contributed by atoms with van der Waals surface area (Å²) in [5.74, 6) is -0.557. The van der Waals surface area contributed by atoms with E-state index in [4.69, 9.17) is 4.74 Å². The zero-order valence-corrected chi connectivity index (χ0v) is 13.2. The predicted octanol–water partition coefficient (Wildman–Crippen LogP) is 3.18. The molecule has 0 unspecified atom stereocenters. The lowest BCUT2D eigenvalue weighted by atomic mass is 10.0. The minimum absolute atomic E-state index is 0.234. The second-order valence-corrected chi connectivity index (χ2v) is 5.75. The lowest BCUT2D eigenvalue weighted by Gasteiger charge is -2.08. The van der Waals surface area contributed by atoms with Crippen molar-refractivity contribution in [2.24, 2.45) is 5.92 Å². The molecule has 0 saturated heterocycles. The van der Waals surface area contributed by atoms with Gasteiger partial charge in [-0.25, -0.2) is 0 Å². The first kappa shape index (κ1) is 18.0. The largest absolute Gasteiger partial charge is 0.464 e. The fraction of sp³-hybridized carbons (Fsp3) is 0.412. The number of allylic oxidation sites excluding steroid dienone is 1. The number of nitrogens with one attached hydrogen (secondary N) is 1. The van der Waals surface area contributed by atoms with Gasteiger partial charge in [-0.2, -0.15) is 13.2 Å². The van der Waals surface area contributed by atoms with E-state index in [1.807, 2.05) is 0 Å². The molecule has 1 aliphatic carbocycles. The van der Waals surface area contributed by atoms with Crippen molar-refractivity contribution in [2.75, 3.05) is 13.2 Å². The smallest absolute Gasteiger partial charge is 0.416 e. The van der Waals surface area contributed by atoms with Gasteiger partial charge in [-0.3, -0.25) is 9.59 Å². The number of carbonyl (C=O) groups is 2. The van der Waals surface area contributed by atoms with Gasteiger partial charge in [0.1, 0.15) is 6.54 Å². The molecule has 7 heteroatoms. The standard InChI is InChI=1S/C17H18F3NO3/c1-11(13-4-6-14(7-5-13)17(18,19)20)8-15(22)21-9-16(23)24-10-12-2-3-12/h4-8,12H,2-3,9-10H2,1H3,(H,21,22). The van der Waals surface area contributed by atoms with Crippen LogP contribution in [0.25, 0.3) is 5.57 Å². The van der Waals surface area contributed by atoms with E-state index >= 15 is 0 Å². The zero-order valence-electron chi connectivity index (χ0n) is 13.2. The zero-order chi connectivity index (χ0) is 17.7. The highest BCUT2D eigenvalue weighted by atomic mass is 19.4. The van der Waals surface area contributed by atoms with Gasteiger partial charge >= 0.3 is 12.1 Å². The minimum atomic E-state index is -4.39. The maximum Gasteiger partial charge on any atom is 0.416 e. The number of benzene rings is 1. The molecule has 0 atom stereocenters. The fourth-order valence-corrected chi connectivity index (χ4v) is 1.96. The molecule has 0 spiro atoms. The Bertz CT molecular complexity index is 631. The Morgan fingerprint density at radius 2 is 1.88 bits per heavy atom. The summed E-state index contributed by atoms with van der Waals surface area (Å²) in [7, 11) is 0. The third kappa shape index (κ3) is 5.72. The van der Waals surface area contributed by atoms with E-state index in [9.17, 15) is 22.8 Å². The predicted molar refractivity (Wildman–Crippen MR) is 81.8 cm³/mol. The van der Waals surface area contributed by atoms with E-state index in [0.717, 1.165) is 25.0 Å². The monoisotopic (exact) mass is 341 g/mol. The first-order valence-electron chi connectivity index (χ1n) is 7.55. The van der Waals surface area contributed by atoms with Gasteiger partial charge in [-0.1, -0.05) is 12.1 Å². The number of hydrogen-bond donors (Lipinski definition) is 1. The van der Waals surface area contributed by atoms with Crippen LogP contribution in [0.2, 0.25) is 0 Å². The molecule has 1 aliphatic rings. The van der Waals surface area contributed by atoms with E-state index in [0.29, 0.717) is 23.7 Å². The number of rotatable bonds is 6. The van der Waals surface area contributed by atoms with E-state index in [-0.39, 0.29) is 6.54 Å². The van der Waals surface area contributed by atoms with Gasteiger partial charge < -0.3 is 10.1 Å². The average Bonchev–Trinajstić information content (AvgIpc) is 3.34. The molecule has 1 amide bonds. The van der Waals surface area contributed by atoms with Crippen LogP contribution < -0.4 is 5.32 Å². The van der Waals surface area contributed by atoms with Gasteiger partial charge in [0, 0.05) is 6.08 Å². The van der Waals surface area contributed by atoms with Crippen LogP contribution in [0.5, 0.6) is 0 Å². The van der Waals surface area contributed by atoms with Crippen LogP contribution in [0.15, 0.2) is 30.3 Å². The molecule has 0 bridgehead atoms. The van der Waals surface area contributed by atoms with Gasteiger partial charge in [0.15, 0.2) is 0 Å². The Morgan fingerprint density at radius 3 is 2.42 bits per heavy atom. The van der Waals surface area contributed by atoms with Crippen LogP contribution in [0.3, 0.4) is 0 Å². The Labute approximate surface area is 137 Å². The third-order valence-electron chi connectivity index (χ3n) is 3.60. The van der Waals surface area contributed by atoms with E-state index in [2.05, 4.69) is 5.32 Å². The van der Waals surface area contributed by atoms with Crippen LogP contribution in [0, 0.1) is 5.92 Å². The van der Waals surface area contributed by atoms with Crippen molar-refractivity contribution < 1.29 is 27.5 Å². The van der Waals surface area contributed by atoms with Crippen LogP contribution in [0.1, 0.15) is 30.9 Å². The molecule has 4 nitrogen and oxygen atoms in total. The number of alkyl halides is 3. The summed E-state index contributed by atoms with van der Waals surface area (Å²) in [5, 5.41) is 2.39. The van der Waals surface area contributed by atoms with Gasteiger partial charge in [-0.05, 0) is 49.0 Å². The second-order valence-electron chi connectivity index (χ2n) is 5.75. The molecule has 2 rings (SSSR count). The summed E-state index contributed by atoms with van der Waals surface area (Å²) in [6, 6.07) is 4.51. The van der Waals surface area contributed by atoms with Crippen molar-refractivity contribution in [3.05, 3.63) is 41.5 Å². The number of esters is 1. The Kier molecular flexibility index (Phi) is 5.64. The van der Waals surface area contributed by atoms with Gasteiger partial charge in [0.05, 0.1) is 12.2 Å². The molecule has 1 aromatic rings. The summed E-state index contributed by atoms with van der Waals surface area (Å²) in [6.07, 6.45) is -1.03. The first-order chi connectivity index (χ1) is 11.3. The summed E-state index contributed by atoms with van der Waals surface area (Å²) in [5.41, 5.74) is 0.240. The van der Waals surface area contributed by atoms with Gasteiger partial charge in [0.2, 0.25) is 5.91 Å². The van der Waals surface area contributed by atoms with Crippen LogP contribution in [-0.2, 0) is 20.5 Å². The highest BCUT2D eigenvalue weighted by Gasteiger charge is 2.30. The van der Waals surface area contributed by atoms with Crippen molar-refractivity contribution in [3.63, 3.8) is 0 Å². The van der Waals surface area contributed by atoms with E-state index in [1.54, 1.807) is 6.92 Å². The number of halogens is 3. The van der Waals surface area contributed by atoms with Gasteiger partial charge in [0.25, 0.3) is 0 Å². The fourth-order valence-electron chi connectivity index (χ4n) is 1.96. The average molecular weight is 341 g/mol. The quantitative estimate of drug-likeness (QED) is 0.639. The molecule has 0 heterocycles. The Hall–Kier alpha value is -2.31. The van der Waals surface area contributed by atoms with Gasteiger partial charge in [-0.15, -0.1) is 0 Å². The van der Waals surface area contributed by atoms with Crippen LogP contribution >= 0.6 is 0 Å². The molecular formula is C17H18F3NO3. The summed E-state index contributed by atoms with van der Waals surface area (Å²) < 4.78 is 42.5. The Balaban J connectivity index is 1.84.